The number of carboxylic acids is 1. The molecule has 0 saturated heterocycles. The lowest BCUT2D eigenvalue weighted by Crippen LogP contribution is -2.23. The molecule has 0 unspecified atom stereocenters. The number of anilines is 1. The number of carbonyl (C=O) groups excluding carboxylic acids is 1. The fourth-order valence-electron chi connectivity index (χ4n) is 2.78. The number of nitrogens with zero attached hydrogens (tertiary/aromatic N) is 2. The molecule has 138 valence electrons. The van der Waals surface area contributed by atoms with Crippen molar-refractivity contribution >= 4 is 29.2 Å². The molecule has 7 nitrogen and oxygen atoms in total. The van der Waals surface area contributed by atoms with Crippen LogP contribution >= 0.6 is 11.6 Å². The van der Waals surface area contributed by atoms with Crippen LogP contribution in [0.15, 0.2) is 53.3 Å². The number of rotatable bonds is 4. The Hall–Kier alpha value is -3.32. The van der Waals surface area contributed by atoms with Gasteiger partial charge in [0, 0.05) is 12.1 Å². The first-order valence-corrected chi connectivity index (χ1v) is 8.37. The van der Waals surface area contributed by atoms with E-state index in [0.29, 0.717) is 11.4 Å². The van der Waals surface area contributed by atoms with E-state index < -0.39 is 17.4 Å². The fourth-order valence-corrected chi connectivity index (χ4v) is 2.96. The van der Waals surface area contributed by atoms with Crippen molar-refractivity contribution in [1.82, 2.24) is 9.36 Å². The number of carbonyl (C=O) groups is 2. The van der Waals surface area contributed by atoms with E-state index in [1.54, 1.807) is 42.9 Å². The second-order valence-electron chi connectivity index (χ2n) is 5.89. The molecular formula is C19H16ClN3O4. The molecule has 3 rings (SSSR count). The molecule has 0 aliphatic rings. The quantitative estimate of drug-likeness (QED) is 0.721. The number of nitrogens with one attached hydrogen (secondary N) is 1. The smallest absolute Gasteiger partial charge is 0.336 e. The van der Waals surface area contributed by atoms with E-state index in [2.05, 4.69) is 5.32 Å². The minimum absolute atomic E-state index is 0.0811. The molecule has 0 radical (unpaired) electrons. The van der Waals surface area contributed by atoms with Crippen LogP contribution in [0, 0.1) is 6.92 Å². The van der Waals surface area contributed by atoms with E-state index in [0.717, 1.165) is 0 Å². The van der Waals surface area contributed by atoms with Crippen LogP contribution in [0.3, 0.4) is 0 Å². The number of hydrogen-bond donors (Lipinski definition) is 2. The molecule has 1 heterocycles. The molecule has 2 aromatic carbocycles. The Morgan fingerprint density at radius 1 is 1.07 bits per heavy atom. The van der Waals surface area contributed by atoms with Gasteiger partial charge in [0.1, 0.15) is 5.69 Å². The van der Waals surface area contributed by atoms with E-state index in [9.17, 15) is 19.5 Å². The zero-order chi connectivity index (χ0) is 19.7. The molecule has 0 bridgehead atoms. The van der Waals surface area contributed by atoms with Gasteiger partial charge in [-0.05, 0) is 37.3 Å². The van der Waals surface area contributed by atoms with E-state index in [4.69, 9.17) is 11.6 Å². The molecule has 0 aliphatic carbocycles. The zero-order valence-corrected chi connectivity index (χ0v) is 15.3. The Morgan fingerprint density at radius 2 is 1.74 bits per heavy atom. The molecule has 0 atom stereocenters. The summed E-state index contributed by atoms with van der Waals surface area (Å²) in [6.45, 7) is 1.69. The zero-order valence-electron chi connectivity index (χ0n) is 14.6. The number of hydrogen-bond acceptors (Lipinski definition) is 3. The number of aromatic carboxylic acids is 1. The van der Waals surface area contributed by atoms with Gasteiger partial charge in [0.15, 0.2) is 0 Å². The SMILES string of the molecule is Cc1c(NC(=O)c2ccc(Cl)cc2C(=O)O)c(=O)n(-c2ccccc2)n1C. The van der Waals surface area contributed by atoms with E-state index in [1.807, 2.05) is 6.07 Å². The molecule has 27 heavy (non-hydrogen) atoms. The summed E-state index contributed by atoms with van der Waals surface area (Å²) >= 11 is 5.82. The highest BCUT2D eigenvalue weighted by Crippen LogP contribution is 2.19. The molecule has 0 saturated carbocycles. The molecule has 2 N–H and O–H groups in total. The van der Waals surface area contributed by atoms with Crippen LogP contribution < -0.4 is 10.9 Å². The summed E-state index contributed by atoms with van der Waals surface area (Å²) < 4.78 is 3.04. The standard InChI is InChI=1S/C19H16ClN3O4/c1-11-16(18(25)23(22(11)2)13-6-4-3-5-7-13)21-17(24)14-9-8-12(20)10-15(14)19(26)27/h3-10H,1-2H3,(H,21,24)(H,26,27). The summed E-state index contributed by atoms with van der Waals surface area (Å²) in [5.74, 6) is -1.98. The van der Waals surface area contributed by atoms with E-state index in [1.165, 1.54) is 22.9 Å². The molecule has 0 aliphatic heterocycles. The third-order valence-electron chi connectivity index (χ3n) is 4.25. The molecule has 1 amide bonds. The average molecular weight is 386 g/mol. The van der Waals surface area contributed by atoms with Gasteiger partial charge < -0.3 is 10.4 Å². The van der Waals surface area contributed by atoms with Gasteiger partial charge in [0.2, 0.25) is 0 Å². The lowest BCUT2D eigenvalue weighted by atomic mass is 10.1. The number of benzene rings is 2. The van der Waals surface area contributed by atoms with Gasteiger partial charge in [-0.25, -0.2) is 9.48 Å². The molecule has 1 aromatic heterocycles. The highest BCUT2D eigenvalue weighted by atomic mass is 35.5. The van der Waals surface area contributed by atoms with Crippen LogP contribution in [0.4, 0.5) is 5.69 Å². The Kier molecular flexibility index (Phi) is 4.87. The molecule has 3 aromatic rings. The Balaban J connectivity index is 2.04. The van der Waals surface area contributed by atoms with Crippen molar-refractivity contribution in [2.45, 2.75) is 6.92 Å². The van der Waals surface area contributed by atoms with E-state index >= 15 is 0 Å². The summed E-state index contributed by atoms with van der Waals surface area (Å²) in [7, 11) is 1.70. The lowest BCUT2D eigenvalue weighted by Gasteiger charge is -2.08. The van der Waals surface area contributed by atoms with Gasteiger partial charge in [0.25, 0.3) is 11.5 Å². The number of para-hydroxylation sites is 1. The molecule has 8 heteroatoms. The van der Waals surface area contributed by atoms with Crippen LogP contribution in [0.25, 0.3) is 5.69 Å². The van der Waals surface area contributed by atoms with Gasteiger partial charge in [-0.2, -0.15) is 0 Å². The summed E-state index contributed by atoms with van der Waals surface area (Å²) in [5, 5.41) is 12.0. The minimum Gasteiger partial charge on any atom is -0.478 e. The molecule has 0 spiro atoms. The number of halogens is 1. The monoisotopic (exact) mass is 385 g/mol. The topological polar surface area (TPSA) is 93.3 Å². The van der Waals surface area contributed by atoms with Crippen molar-refractivity contribution < 1.29 is 14.7 Å². The molecule has 0 fully saturated rings. The Morgan fingerprint density at radius 3 is 2.37 bits per heavy atom. The Bertz CT molecular complexity index is 1100. The van der Waals surface area contributed by atoms with Gasteiger partial charge >= 0.3 is 5.97 Å². The van der Waals surface area contributed by atoms with Gasteiger partial charge in [-0.3, -0.25) is 14.3 Å². The van der Waals surface area contributed by atoms with Crippen molar-refractivity contribution in [2.75, 3.05) is 5.32 Å². The first kappa shape index (κ1) is 18.5. The summed E-state index contributed by atoms with van der Waals surface area (Å²) in [6.07, 6.45) is 0. The highest BCUT2D eigenvalue weighted by Gasteiger charge is 2.22. The predicted octanol–water partition coefficient (Wildman–Crippen LogP) is 3.09. The highest BCUT2D eigenvalue weighted by molar-refractivity contribution is 6.31. The first-order valence-electron chi connectivity index (χ1n) is 7.99. The Labute approximate surface area is 159 Å². The summed E-state index contributed by atoms with van der Waals surface area (Å²) in [5.41, 5.74) is 0.519. The number of carboxylic acid groups (broad SMARTS) is 1. The maximum atomic E-state index is 12.8. The summed E-state index contributed by atoms with van der Waals surface area (Å²) in [6, 6.07) is 12.9. The normalized spacial score (nSPS) is 10.6. The largest absolute Gasteiger partial charge is 0.478 e. The van der Waals surface area contributed by atoms with Crippen LogP contribution in [0.2, 0.25) is 5.02 Å². The van der Waals surface area contributed by atoms with Crippen molar-refractivity contribution in [3.63, 3.8) is 0 Å². The minimum atomic E-state index is -1.28. The second-order valence-corrected chi connectivity index (χ2v) is 6.32. The van der Waals surface area contributed by atoms with Crippen LogP contribution in [-0.4, -0.2) is 26.3 Å². The maximum absolute atomic E-state index is 12.8. The first-order chi connectivity index (χ1) is 12.8. The molecular weight excluding hydrogens is 370 g/mol. The van der Waals surface area contributed by atoms with Crippen LogP contribution in [0.5, 0.6) is 0 Å². The van der Waals surface area contributed by atoms with Gasteiger partial charge in [0.05, 0.1) is 22.5 Å². The second kappa shape index (κ2) is 7.13. The maximum Gasteiger partial charge on any atom is 0.336 e. The third kappa shape index (κ3) is 3.37. The van der Waals surface area contributed by atoms with Crippen LogP contribution in [0.1, 0.15) is 26.4 Å². The lowest BCUT2D eigenvalue weighted by molar-refractivity contribution is 0.0692. The van der Waals surface area contributed by atoms with Crippen LogP contribution in [-0.2, 0) is 7.05 Å². The third-order valence-corrected chi connectivity index (χ3v) is 4.48. The summed E-state index contributed by atoms with van der Waals surface area (Å²) in [4.78, 5) is 36.9. The average Bonchev–Trinajstić information content (AvgIpc) is 2.85. The fraction of sp³-hybridized carbons (Fsp3) is 0.105. The number of aromatic nitrogens is 2. The van der Waals surface area contributed by atoms with Gasteiger partial charge in [-0.15, -0.1) is 0 Å². The van der Waals surface area contributed by atoms with E-state index in [-0.39, 0.29) is 21.8 Å². The predicted molar refractivity (Wildman–Crippen MR) is 102 cm³/mol. The van der Waals surface area contributed by atoms with Crippen molar-refractivity contribution in [3.8, 4) is 5.69 Å². The van der Waals surface area contributed by atoms with Crippen molar-refractivity contribution in [1.29, 1.82) is 0 Å². The van der Waals surface area contributed by atoms with Crippen molar-refractivity contribution in [2.24, 2.45) is 7.05 Å². The number of amides is 1. The van der Waals surface area contributed by atoms with Gasteiger partial charge in [-0.1, -0.05) is 29.8 Å². The van der Waals surface area contributed by atoms with Crippen molar-refractivity contribution in [3.05, 3.63) is 80.7 Å².